The minimum Gasteiger partial charge on any atom is -0.487 e. The largest absolute Gasteiger partial charge is 0.487 e. The Balaban J connectivity index is 2.51. The highest BCUT2D eigenvalue weighted by Crippen LogP contribution is 2.02. The van der Waals surface area contributed by atoms with Crippen molar-refractivity contribution in [2.24, 2.45) is 0 Å². The van der Waals surface area contributed by atoms with Gasteiger partial charge >= 0.3 is 0 Å². The summed E-state index contributed by atoms with van der Waals surface area (Å²) in [6.07, 6.45) is 1.97. The number of aliphatic hydroxyl groups is 1. The van der Waals surface area contributed by atoms with Crippen LogP contribution in [0.3, 0.4) is 0 Å². The Morgan fingerprint density at radius 3 is 2.88 bits per heavy atom. The van der Waals surface area contributed by atoms with Crippen LogP contribution in [0.15, 0.2) is 12.3 Å². The summed E-state index contributed by atoms with van der Waals surface area (Å²) < 4.78 is 4.63. The summed E-state index contributed by atoms with van der Waals surface area (Å²) in [6.45, 7) is -0.230. The monoisotopic (exact) mass is 114 g/mol. The van der Waals surface area contributed by atoms with Gasteiger partial charge in [-0.2, -0.15) is 0 Å². The fraction of sp³-hybridized carbons (Fsp3) is 0.400. The van der Waals surface area contributed by atoms with Crippen LogP contribution in [-0.4, -0.2) is 23.6 Å². The smallest absolute Gasteiger partial charge is 0.201 e. The zero-order valence-corrected chi connectivity index (χ0v) is 4.20. The molecule has 8 heavy (non-hydrogen) atoms. The molecule has 0 radical (unpaired) electrons. The molecule has 3 nitrogen and oxygen atoms in total. The van der Waals surface area contributed by atoms with Crippen LogP contribution < -0.4 is 0 Å². The van der Waals surface area contributed by atoms with Gasteiger partial charge in [0.2, 0.25) is 5.78 Å². The van der Waals surface area contributed by atoms with Crippen LogP contribution in [0.5, 0.6) is 0 Å². The zero-order chi connectivity index (χ0) is 5.98. The maximum absolute atomic E-state index is 10.4. The predicted octanol–water partition coefficient (Wildman–Crippen LogP) is -0.540. The molecule has 0 fully saturated rings. The molecule has 1 heterocycles. The average Bonchev–Trinajstić information content (AvgIpc) is 2.14. The zero-order valence-electron chi connectivity index (χ0n) is 4.20. The van der Waals surface area contributed by atoms with Crippen LogP contribution in [0.2, 0.25) is 0 Å². The van der Waals surface area contributed by atoms with Gasteiger partial charge in [0.25, 0.3) is 0 Å². The summed E-state index contributed by atoms with van der Waals surface area (Å²) in [6, 6.07) is 0. The topological polar surface area (TPSA) is 46.5 Å². The average molecular weight is 114 g/mol. The first-order valence-corrected chi connectivity index (χ1v) is 2.31. The van der Waals surface area contributed by atoms with E-state index in [2.05, 4.69) is 4.74 Å². The van der Waals surface area contributed by atoms with Gasteiger partial charge in [0, 0.05) is 6.08 Å². The van der Waals surface area contributed by atoms with Gasteiger partial charge in [-0.3, -0.25) is 4.79 Å². The third-order valence-corrected chi connectivity index (χ3v) is 0.958. The number of aliphatic hydroxyl groups excluding tert-OH is 1. The fourth-order valence-electron chi connectivity index (χ4n) is 0.509. The Labute approximate surface area is 46.6 Å². The second-order valence-corrected chi connectivity index (χ2v) is 1.51. The van der Waals surface area contributed by atoms with Gasteiger partial charge < -0.3 is 9.84 Å². The van der Waals surface area contributed by atoms with Crippen LogP contribution in [-0.2, 0) is 9.53 Å². The van der Waals surface area contributed by atoms with Gasteiger partial charge in [0.05, 0.1) is 12.9 Å². The van der Waals surface area contributed by atoms with E-state index in [0.717, 1.165) is 0 Å². The lowest BCUT2D eigenvalue weighted by Gasteiger charge is -2.01. The van der Waals surface area contributed by atoms with Crippen molar-refractivity contribution in [3.63, 3.8) is 0 Å². The SMILES string of the molecule is O=C1C=CO[C@H]1CO. The van der Waals surface area contributed by atoms with E-state index in [4.69, 9.17) is 5.11 Å². The molecular weight excluding hydrogens is 108 g/mol. The van der Waals surface area contributed by atoms with Crippen molar-refractivity contribution >= 4 is 5.78 Å². The molecule has 1 atom stereocenters. The molecule has 0 amide bonds. The Morgan fingerprint density at radius 2 is 2.62 bits per heavy atom. The maximum atomic E-state index is 10.4. The molecule has 0 bridgehead atoms. The first-order chi connectivity index (χ1) is 3.84. The molecular formula is C5H6O3. The summed E-state index contributed by atoms with van der Waals surface area (Å²) in [4.78, 5) is 10.4. The molecule has 1 aliphatic rings. The fourth-order valence-corrected chi connectivity index (χ4v) is 0.509. The molecule has 3 heteroatoms. The van der Waals surface area contributed by atoms with Gasteiger partial charge in [-0.15, -0.1) is 0 Å². The number of rotatable bonds is 1. The van der Waals surface area contributed by atoms with E-state index in [1.807, 2.05) is 0 Å². The Hall–Kier alpha value is -0.830. The van der Waals surface area contributed by atoms with Crippen LogP contribution in [0.1, 0.15) is 0 Å². The van der Waals surface area contributed by atoms with Gasteiger partial charge in [-0.1, -0.05) is 0 Å². The molecule has 0 aromatic carbocycles. The van der Waals surface area contributed by atoms with Crippen molar-refractivity contribution in [3.8, 4) is 0 Å². The first-order valence-electron chi connectivity index (χ1n) is 2.31. The maximum Gasteiger partial charge on any atom is 0.201 e. The summed E-state index contributed by atoms with van der Waals surface area (Å²) in [5, 5.41) is 8.35. The van der Waals surface area contributed by atoms with E-state index < -0.39 is 6.10 Å². The lowest BCUT2D eigenvalue weighted by molar-refractivity contribution is -0.121. The lowest BCUT2D eigenvalue weighted by Crippen LogP contribution is -2.19. The minimum atomic E-state index is -0.630. The van der Waals surface area contributed by atoms with Crippen LogP contribution in [0.4, 0.5) is 0 Å². The first kappa shape index (κ1) is 5.31. The highest BCUT2D eigenvalue weighted by molar-refractivity contribution is 5.95. The van der Waals surface area contributed by atoms with Crippen LogP contribution >= 0.6 is 0 Å². The summed E-state index contributed by atoms with van der Waals surface area (Å²) in [5.74, 6) is -0.160. The quantitative estimate of drug-likeness (QED) is 0.498. The van der Waals surface area contributed by atoms with Gasteiger partial charge in [0.15, 0.2) is 6.10 Å². The van der Waals surface area contributed by atoms with Crippen LogP contribution in [0, 0.1) is 0 Å². The molecule has 0 saturated heterocycles. The molecule has 44 valence electrons. The summed E-state index contributed by atoms with van der Waals surface area (Å²) in [7, 11) is 0. The highest BCUT2D eigenvalue weighted by Gasteiger charge is 2.18. The molecule has 0 aliphatic carbocycles. The normalized spacial score (nSPS) is 26.1. The standard InChI is InChI=1S/C5H6O3/c6-3-5-4(7)1-2-8-5/h1-2,5-6H,3H2/t5-/m0/s1. The van der Waals surface area contributed by atoms with E-state index in [0.29, 0.717) is 0 Å². The van der Waals surface area contributed by atoms with E-state index in [1.54, 1.807) is 0 Å². The predicted molar refractivity (Wildman–Crippen MR) is 26.1 cm³/mol. The van der Waals surface area contributed by atoms with Crippen molar-refractivity contribution in [3.05, 3.63) is 12.3 Å². The van der Waals surface area contributed by atoms with Crippen LogP contribution in [0.25, 0.3) is 0 Å². The van der Waals surface area contributed by atoms with E-state index in [9.17, 15) is 4.79 Å². The number of hydrogen-bond acceptors (Lipinski definition) is 3. The van der Waals surface area contributed by atoms with Crippen molar-refractivity contribution in [1.82, 2.24) is 0 Å². The van der Waals surface area contributed by atoms with Crippen molar-refractivity contribution in [2.75, 3.05) is 6.61 Å². The number of carbonyl (C=O) groups is 1. The van der Waals surface area contributed by atoms with Crippen molar-refractivity contribution in [1.29, 1.82) is 0 Å². The number of hydrogen-bond donors (Lipinski definition) is 1. The molecule has 0 saturated carbocycles. The molecule has 0 aromatic rings. The third-order valence-electron chi connectivity index (χ3n) is 0.958. The number of ether oxygens (including phenoxy) is 1. The summed E-state index contributed by atoms with van der Waals surface area (Å²) in [5.41, 5.74) is 0. The molecule has 0 unspecified atom stereocenters. The molecule has 0 spiro atoms. The second kappa shape index (κ2) is 1.96. The summed E-state index contributed by atoms with van der Waals surface area (Å²) >= 11 is 0. The van der Waals surface area contributed by atoms with Gasteiger partial charge in [0.1, 0.15) is 0 Å². The molecule has 0 aromatic heterocycles. The van der Waals surface area contributed by atoms with Crippen molar-refractivity contribution in [2.45, 2.75) is 6.10 Å². The van der Waals surface area contributed by atoms with E-state index in [1.165, 1.54) is 12.3 Å². The van der Waals surface area contributed by atoms with Gasteiger partial charge in [-0.05, 0) is 0 Å². The second-order valence-electron chi connectivity index (χ2n) is 1.51. The number of ketones is 1. The van der Waals surface area contributed by atoms with E-state index in [-0.39, 0.29) is 12.4 Å². The third kappa shape index (κ3) is 0.721. The van der Waals surface area contributed by atoms with Gasteiger partial charge in [-0.25, -0.2) is 0 Å². The molecule has 1 aliphatic heterocycles. The highest BCUT2D eigenvalue weighted by atomic mass is 16.5. The molecule has 1 N–H and O–H groups in total. The Morgan fingerprint density at radius 1 is 1.88 bits per heavy atom. The Kier molecular flexibility index (Phi) is 1.30. The minimum absolute atomic E-state index is 0.160. The van der Waals surface area contributed by atoms with E-state index >= 15 is 0 Å². The van der Waals surface area contributed by atoms with Crippen molar-refractivity contribution < 1.29 is 14.6 Å². The molecule has 1 rings (SSSR count). The number of carbonyl (C=O) groups excluding carboxylic acids is 1. The Bertz CT molecular complexity index is 128. The lowest BCUT2D eigenvalue weighted by atomic mass is 10.3.